The van der Waals surface area contributed by atoms with Crippen molar-refractivity contribution in [1.29, 1.82) is 0 Å². The van der Waals surface area contributed by atoms with Crippen LogP contribution >= 0.6 is 12.4 Å². The lowest BCUT2D eigenvalue weighted by Crippen LogP contribution is -2.46. The summed E-state index contributed by atoms with van der Waals surface area (Å²) in [4.78, 5) is 12.3. The van der Waals surface area contributed by atoms with E-state index in [0.717, 1.165) is 66.6 Å². The standard InChI is InChI=1S/C29H50N2O2.ClH/c1-19(2)7-4-8-20(3)27-18-22-17-23(33-29(32)31-16-6-15-30)12-14-24(22)26-13-11-21-9-5-10-25(21)28(26)27;/h18-21,23-28H,4-17,30H2,1-3H3,(H,31,32);1H/t20-,21?,23?,24?,25?,26?,27?,28?;/m1./s1. The van der Waals surface area contributed by atoms with Crippen LogP contribution in [0.1, 0.15) is 97.8 Å². The normalized spacial score (nSPS) is 35.3. The highest BCUT2D eigenvalue weighted by molar-refractivity contribution is 5.85. The third kappa shape index (κ3) is 6.52. The fourth-order valence-corrected chi connectivity index (χ4v) is 8.16. The topological polar surface area (TPSA) is 64.3 Å². The molecule has 34 heavy (non-hydrogen) atoms. The molecule has 196 valence electrons. The molecule has 0 saturated heterocycles. The summed E-state index contributed by atoms with van der Waals surface area (Å²) in [5.41, 5.74) is 7.18. The van der Waals surface area contributed by atoms with E-state index in [0.29, 0.717) is 13.1 Å². The summed E-state index contributed by atoms with van der Waals surface area (Å²) in [5.74, 6) is 6.81. The number of rotatable bonds is 9. The Kier molecular flexibility index (Phi) is 10.6. The van der Waals surface area contributed by atoms with Crippen LogP contribution < -0.4 is 11.1 Å². The Morgan fingerprint density at radius 2 is 1.88 bits per heavy atom. The molecule has 0 heterocycles. The Hall–Kier alpha value is -0.740. The summed E-state index contributed by atoms with van der Waals surface area (Å²) in [5, 5.41) is 2.87. The van der Waals surface area contributed by atoms with Crippen molar-refractivity contribution in [3.63, 3.8) is 0 Å². The zero-order valence-electron chi connectivity index (χ0n) is 22.0. The van der Waals surface area contributed by atoms with E-state index in [1.807, 2.05) is 0 Å². The second-order valence-electron chi connectivity index (χ2n) is 12.3. The molecule has 0 aromatic carbocycles. The molecule has 3 saturated carbocycles. The number of carbonyl (C=O) groups excluding carboxylic acids is 1. The van der Waals surface area contributed by atoms with Crippen molar-refractivity contribution in [2.75, 3.05) is 13.1 Å². The highest BCUT2D eigenvalue weighted by Gasteiger charge is 2.51. The van der Waals surface area contributed by atoms with Crippen molar-refractivity contribution < 1.29 is 9.53 Å². The van der Waals surface area contributed by atoms with Gasteiger partial charge in [-0.1, -0.05) is 64.5 Å². The Bertz CT molecular complexity index is 681. The number of hydrogen-bond donors (Lipinski definition) is 2. The lowest BCUT2D eigenvalue weighted by atomic mass is 9.52. The minimum absolute atomic E-state index is 0. The van der Waals surface area contributed by atoms with Gasteiger partial charge in [-0.05, 0) is 92.4 Å². The molecule has 0 aromatic rings. The molecule has 0 aromatic heterocycles. The number of hydrogen-bond acceptors (Lipinski definition) is 3. The molecule has 1 amide bonds. The number of nitrogens with two attached hydrogens (primary N) is 1. The molecule has 0 bridgehead atoms. The maximum Gasteiger partial charge on any atom is 0.407 e. The molecule has 8 atom stereocenters. The number of amides is 1. The highest BCUT2D eigenvalue weighted by atomic mass is 35.5. The molecule has 4 aliphatic carbocycles. The average Bonchev–Trinajstić information content (AvgIpc) is 3.27. The fourth-order valence-electron chi connectivity index (χ4n) is 8.16. The molecule has 0 radical (unpaired) electrons. The molecule has 3 N–H and O–H groups in total. The number of halogens is 1. The first-order valence-electron chi connectivity index (χ1n) is 14.3. The molecule has 4 rings (SSSR count). The van der Waals surface area contributed by atoms with Gasteiger partial charge in [-0.2, -0.15) is 0 Å². The van der Waals surface area contributed by atoms with E-state index in [1.165, 1.54) is 57.8 Å². The summed E-state index contributed by atoms with van der Waals surface area (Å²) < 4.78 is 5.85. The van der Waals surface area contributed by atoms with E-state index in [2.05, 4.69) is 32.2 Å². The summed E-state index contributed by atoms with van der Waals surface area (Å²) in [6.45, 7) is 8.45. The number of nitrogens with one attached hydrogen (secondary N) is 1. The second-order valence-corrected chi connectivity index (χ2v) is 12.3. The molecular weight excluding hydrogens is 444 g/mol. The molecule has 7 unspecified atom stereocenters. The second kappa shape index (κ2) is 13.0. The van der Waals surface area contributed by atoms with Crippen LogP contribution in [0.3, 0.4) is 0 Å². The van der Waals surface area contributed by atoms with Gasteiger partial charge in [-0.3, -0.25) is 0 Å². The van der Waals surface area contributed by atoms with Crippen molar-refractivity contribution in [2.45, 2.75) is 104 Å². The lowest BCUT2D eigenvalue weighted by molar-refractivity contribution is -0.00123. The Morgan fingerprint density at radius 3 is 2.65 bits per heavy atom. The van der Waals surface area contributed by atoms with E-state index >= 15 is 0 Å². The Balaban J connectivity index is 0.00000324. The van der Waals surface area contributed by atoms with Crippen LogP contribution in [0.25, 0.3) is 0 Å². The molecule has 0 spiro atoms. The van der Waals surface area contributed by atoms with Gasteiger partial charge >= 0.3 is 6.09 Å². The van der Waals surface area contributed by atoms with E-state index in [1.54, 1.807) is 5.57 Å². The number of allylic oxidation sites excluding steroid dienone is 1. The van der Waals surface area contributed by atoms with Crippen LogP contribution in [0.5, 0.6) is 0 Å². The minimum Gasteiger partial charge on any atom is -0.446 e. The number of fused-ring (bicyclic) bond motifs is 5. The predicted molar refractivity (Wildman–Crippen MR) is 143 cm³/mol. The molecule has 5 heteroatoms. The van der Waals surface area contributed by atoms with E-state index < -0.39 is 0 Å². The van der Waals surface area contributed by atoms with Crippen molar-refractivity contribution in [2.24, 2.45) is 53.1 Å². The van der Waals surface area contributed by atoms with Crippen LogP contribution in [-0.2, 0) is 4.74 Å². The molecule has 0 aliphatic heterocycles. The summed E-state index contributed by atoms with van der Waals surface area (Å²) in [6.07, 6.45) is 17.9. The molecule has 4 nitrogen and oxygen atoms in total. The van der Waals surface area contributed by atoms with E-state index in [-0.39, 0.29) is 24.6 Å². The number of alkyl carbamates (subject to hydrolysis) is 1. The van der Waals surface area contributed by atoms with E-state index in [4.69, 9.17) is 10.5 Å². The van der Waals surface area contributed by atoms with Crippen LogP contribution in [0.4, 0.5) is 4.79 Å². The summed E-state index contributed by atoms with van der Waals surface area (Å²) in [7, 11) is 0. The Morgan fingerprint density at radius 1 is 1.06 bits per heavy atom. The van der Waals surface area contributed by atoms with Crippen molar-refractivity contribution in [1.82, 2.24) is 5.32 Å². The van der Waals surface area contributed by atoms with Crippen LogP contribution in [0.15, 0.2) is 11.6 Å². The van der Waals surface area contributed by atoms with Crippen molar-refractivity contribution in [3.05, 3.63) is 11.6 Å². The minimum atomic E-state index is -0.258. The fraction of sp³-hybridized carbons (Fsp3) is 0.897. The SMILES string of the molecule is CC(C)CCC[C@@H](C)C1C=C2CC(OC(=O)NCCCN)CCC2C2CCC3CCCC3C21.Cl. The van der Waals surface area contributed by atoms with Gasteiger partial charge in [0, 0.05) is 13.0 Å². The van der Waals surface area contributed by atoms with Crippen LogP contribution in [0, 0.1) is 47.3 Å². The van der Waals surface area contributed by atoms with E-state index in [9.17, 15) is 4.79 Å². The zero-order valence-corrected chi connectivity index (χ0v) is 22.8. The van der Waals surface area contributed by atoms with Gasteiger partial charge in [-0.25, -0.2) is 4.79 Å². The first-order valence-corrected chi connectivity index (χ1v) is 14.3. The molecule has 3 fully saturated rings. The molecular formula is C29H51ClN2O2. The maximum atomic E-state index is 12.3. The first kappa shape index (κ1) is 27.8. The largest absolute Gasteiger partial charge is 0.446 e. The average molecular weight is 495 g/mol. The van der Waals surface area contributed by atoms with Crippen molar-refractivity contribution in [3.8, 4) is 0 Å². The number of ether oxygens (including phenoxy) is 1. The molecule has 4 aliphatic rings. The van der Waals surface area contributed by atoms with Gasteiger partial charge in [-0.15, -0.1) is 12.4 Å². The number of carbonyl (C=O) groups is 1. The van der Waals surface area contributed by atoms with Gasteiger partial charge in [0.15, 0.2) is 0 Å². The summed E-state index contributed by atoms with van der Waals surface area (Å²) >= 11 is 0. The van der Waals surface area contributed by atoms with Gasteiger partial charge < -0.3 is 15.8 Å². The van der Waals surface area contributed by atoms with Crippen LogP contribution in [-0.4, -0.2) is 25.3 Å². The van der Waals surface area contributed by atoms with Gasteiger partial charge in [0.1, 0.15) is 6.10 Å². The zero-order chi connectivity index (χ0) is 23.4. The third-order valence-corrected chi connectivity index (χ3v) is 9.71. The van der Waals surface area contributed by atoms with Crippen LogP contribution in [0.2, 0.25) is 0 Å². The lowest BCUT2D eigenvalue weighted by Gasteiger charge is -2.53. The maximum absolute atomic E-state index is 12.3. The monoisotopic (exact) mass is 494 g/mol. The highest BCUT2D eigenvalue weighted by Crippen LogP contribution is 2.59. The summed E-state index contributed by atoms with van der Waals surface area (Å²) in [6, 6.07) is 0. The van der Waals surface area contributed by atoms with Gasteiger partial charge in [0.25, 0.3) is 0 Å². The predicted octanol–water partition coefficient (Wildman–Crippen LogP) is 7.11. The van der Waals surface area contributed by atoms with Gasteiger partial charge in [0.05, 0.1) is 0 Å². The van der Waals surface area contributed by atoms with Gasteiger partial charge in [0.2, 0.25) is 0 Å². The van der Waals surface area contributed by atoms with Crippen molar-refractivity contribution >= 4 is 18.5 Å². The Labute approximate surface area is 215 Å². The third-order valence-electron chi connectivity index (χ3n) is 9.71. The first-order chi connectivity index (χ1) is 16.0. The smallest absolute Gasteiger partial charge is 0.407 e. The quantitative estimate of drug-likeness (QED) is 0.265.